The van der Waals surface area contributed by atoms with E-state index in [0.717, 1.165) is 60.2 Å². The van der Waals surface area contributed by atoms with E-state index in [9.17, 15) is 9.59 Å². The number of likely N-dealkylation sites (tertiary alicyclic amines) is 1. The monoisotopic (exact) mass is 383 g/mol. The standard InChI is InChI=1S/C22H29N3O3/c1-15-10-19(11-16(2)22(15)28-3)21(27)18-7-5-9-25(14-18)20(26)8-4-6-17-12-23-24-13-17/h10-13,18H,4-9,14H2,1-3H3,(H,23,24)/t18-/m0/s1. The van der Waals surface area contributed by atoms with Crippen LogP contribution < -0.4 is 4.74 Å². The number of carbonyl (C=O) groups is 2. The summed E-state index contributed by atoms with van der Waals surface area (Å²) in [6, 6.07) is 3.81. The molecule has 1 aliphatic heterocycles. The number of methoxy groups -OCH3 is 1. The fraction of sp³-hybridized carbons (Fsp3) is 0.500. The van der Waals surface area contributed by atoms with Gasteiger partial charge >= 0.3 is 0 Å². The number of hydrogen-bond donors (Lipinski definition) is 1. The molecule has 0 spiro atoms. The number of piperidine rings is 1. The maximum atomic E-state index is 13.1. The molecule has 0 saturated carbocycles. The van der Waals surface area contributed by atoms with Crippen LogP contribution in [-0.2, 0) is 11.2 Å². The minimum Gasteiger partial charge on any atom is -0.496 e. The third-order valence-electron chi connectivity index (χ3n) is 5.50. The van der Waals surface area contributed by atoms with Gasteiger partial charge in [-0.3, -0.25) is 14.7 Å². The summed E-state index contributed by atoms with van der Waals surface area (Å²) in [4.78, 5) is 27.5. The topological polar surface area (TPSA) is 75.3 Å². The lowest BCUT2D eigenvalue weighted by Gasteiger charge is -2.32. The van der Waals surface area contributed by atoms with E-state index >= 15 is 0 Å². The van der Waals surface area contributed by atoms with Crippen molar-refractivity contribution in [3.63, 3.8) is 0 Å². The van der Waals surface area contributed by atoms with Gasteiger partial charge in [0.1, 0.15) is 5.75 Å². The third-order valence-corrected chi connectivity index (χ3v) is 5.50. The number of nitrogens with one attached hydrogen (secondary N) is 1. The number of rotatable bonds is 7. The predicted octanol–water partition coefficient (Wildman–Crippen LogP) is 3.48. The van der Waals surface area contributed by atoms with E-state index in [1.807, 2.05) is 37.1 Å². The van der Waals surface area contributed by atoms with Crippen LogP contribution in [-0.4, -0.2) is 47.0 Å². The quantitative estimate of drug-likeness (QED) is 0.743. The van der Waals surface area contributed by atoms with Crippen molar-refractivity contribution >= 4 is 11.7 Å². The number of H-pyrrole nitrogens is 1. The van der Waals surface area contributed by atoms with Gasteiger partial charge in [-0.05, 0) is 68.4 Å². The van der Waals surface area contributed by atoms with E-state index in [1.54, 1.807) is 13.3 Å². The van der Waals surface area contributed by atoms with Crippen LogP contribution in [0.3, 0.4) is 0 Å². The zero-order valence-corrected chi connectivity index (χ0v) is 17.0. The van der Waals surface area contributed by atoms with Crippen molar-refractivity contribution in [1.82, 2.24) is 15.1 Å². The maximum absolute atomic E-state index is 13.1. The number of ketones is 1. The van der Waals surface area contributed by atoms with Gasteiger partial charge in [-0.1, -0.05) is 0 Å². The lowest BCUT2D eigenvalue weighted by atomic mass is 9.88. The van der Waals surface area contributed by atoms with E-state index in [1.165, 1.54) is 0 Å². The first-order chi connectivity index (χ1) is 13.5. The number of aromatic amines is 1. The highest BCUT2D eigenvalue weighted by Gasteiger charge is 2.29. The van der Waals surface area contributed by atoms with Crippen LogP contribution in [0.15, 0.2) is 24.5 Å². The fourth-order valence-corrected chi connectivity index (χ4v) is 4.08. The van der Waals surface area contributed by atoms with Crippen LogP contribution >= 0.6 is 0 Å². The number of amides is 1. The second-order valence-electron chi connectivity index (χ2n) is 7.65. The molecule has 1 aliphatic rings. The summed E-state index contributed by atoms with van der Waals surface area (Å²) in [6.45, 7) is 5.18. The van der Waals surface area contributed by atoms with E-state index < -0.39 is 0 Å². The molecule has 0 bridgehead atoms. The Morgan fingerprint density at radius 1 is 1.29 bits per heavy atom. The normalized spacial score (nSPS) is 16.8. The Kier molecular flexibility index (Phi) is 6.49. The van der Waals surface area contributed by atoms with Crippen LogP contribution in [0, 0.1) is 19.8 Å². The fourth-order valence-electron chi connectivity index (χ4n) is 4.08. The number of aryl methyl sites for hydroxylation is 3. The lowest BCUT2D eigenvalue weighted by Crippen LogP contribution is -2.42. The number of nitrogens with zero attached hydrogens (tertiary/aromatic N) is 2. The molecule has 0 radical (unpaired) electrons. The number of aromatic nitrogens is 2. The number of Topliss-reactive ketones (excluding diaryl/α,β-unsaturated/α-hetero) is 1. The average Bonchev–Trinajstić information content (AvgIpc) is 3.20. The molecule has 2 heterocycles. The first-order valence-corrected chi connectivity index (χ1v) is 9.94. The van der Waals surface area contributed by atoms with Gasteiger partial charge in [-0.25, -0.2) is 0 Å². The second kappa shape index (κ2) is 9.04. The van der Waals surface area contributed by atoms with Crippen LogP contribution in [0.2, 0.25) is 0 Å². The third kappa shape index (κ3) is 4.61. The molecule has 1 aromatic carbocycles. The minimum atomic E-state index is -0.126. The molecular formula is C22H29N3O3. The Bertz CT molecular complexity index is 807. The maximum Gasteiger partial charge on any atom is 0.222 e. The van der Waals surface area contributed by atoms with Crippen molar-refractivity contribution in [2.75, 3.05) is 20.2 Å². The van der Waals surface area contributed by atoms with Crippen LogP contribution in [0.1, 0.15) is 52.7 Å². The Labute approximate surface area is 166 Å². The largest absolute Gasteiger partial charge is 0.496 e. The van der Waals surface area contributed by atoms with Gasteiger partial charge in [0.25, 0.3) is 0 Å². The number of ether oxygens (including phenoxy) is 1. The van der Waals surface area contributed by atoms with E-state index in [4.69, 9.17) is 4.74 Å². The van der Waals surface area contributed by atoms with Crippen molar-refractivity contribution in [3.05, 3.63) is 46.8 Å². The van der Waals surface area contributed by atoms with E-state index in [0.29, 0.717) is 13.0 Å². The molecule has 0 aliphatic carbocycles. The minimum absolute atomic E-state index is 0.126. The molecule has 28 heavy (non-hydrogen) atoms. The molecule has 6 heteroatoms. The summed E-state index contributed by atoms with van der Waals surface area (Å²) in [6.07, 6.45) is 7.50. The van der Waals surface area contributed by atoms with Gasteiger partial charge in [0.05, 0.1) is 13.3 Å². The van der Waals surface area contributed by atoms with Gasteiger partial charge in [-0.2, -0.15) is 5.10 Å². The van der Waals surface area contributed by atoms with Crippen molar-refractivity contribution in [2.24, 2.45) is 5.92 Å². The molecule has 1 saturated heterocycles. The van der Waals surface area contributed by atoms with Crippen LogP contribution in [0.4, 0.5) is 0 Å². The van der Waals surface area contributed by atoms with Crippen molar-refractivity contribution in [2.45, 2.75) is 46.0 Å². The molecule has 1 amide bonds. The summed E-state index contributed by atoms with van der Waals surface area (Å²) < 4.78 is 5.40. The molecule has 3 rings (SSSR count). The SMILES string of the molecule is COc1c(C)cc(C(=O)[C@H]2CCCN(C(=O)CCCc3cn[nH]c3)C2)cc1C. The highest BCUT2D eigenvalue weighted by molar-refractivity contribution is 5.99. The Balaban J connectivity index is 1.59. The van der Waals surface area contributed by atoms with Gasteiger partial charge in [-0.15, -0.1) is 0 Å². The Morgan fingerprint density at radius 3 is 2.68 bits per heavy atom. The highest BCUT2D eigenvalue weighted by atomic mass is 16.5. The first kappa shape index (κ1) is 20.1. The van der Waals surface area contributed by atoms with E-state index in [-0.39, 0.29) is 17.6 Å². The molecule has 1 aromatic heterocycles. The molecule has 1 atom stereocenters. The van der Waals surface area contributed by atoms with Gasteiger partial charge in [0.2, 0.25) is 5.91 Å². The average molecular weight is 383 g/mol. The van der Waals surface area contributed by atoms with Gasteiger partial charge < -0.3 is 9.64 Å². The highest BCUT2D eigenvalue weighted by Crippen LogP contribution is 2.28. The van der Waals surface area contributed by atoms with Crippen molar-refractivity contribution in [3.8, 4) is 5.75 Å². The Morgan fingerprint density at radius 2 is 2.04 bits per heavy atom. The lowest BCUT2D eigenvalue weighted by molar-refractivity contribution is -0.132. The molecule has 6 nitrogen and oxygen atoms in total. The number of carbonyl (C=O) groups excluding carboxylic acids is 2. The van der Waals surface area contributed by atoms with Gasteiger partial charge in [0, 0.05) is 37.2 Å². The Hall–Kier alpha value is -2.63. The number of hydrogen-bond acceptors (Lipinski definition) is 4. The van der Waals surface area contributed by atoms with Gasteiger partial charge in [0.15, 0.2) is 5.78 Å². The van der Waals surface area contributed by atoms with Crippen molar-refractivity contribution < 1.29 is 14.3 Å². The smallest absolute Gasteiger partial charge is 0.222 e. The summed E-state index contributed by atoms with van der Waals surface area (Å²) in [5, 5.41) is 6.71. The molecular weight excluding hydrogens is 354 g/mol. The number of benzene rings is 1. The summed E-state index contributed by atoms with van der Waals surface area (Å²) in [7, 11) is 1.65. The molecule has 1 N–H and O–H groups in total. The summed E-state index contributed by atoms with van der Waals surface area (Å²) in [5.74, 6) is 0.973. The molecule has 150 valence electrons. The zero-order chi connectivity index (χ0) is 20.1. The predicted molar refractivity (Wildman–Crippen MR) is 108 cm³/mol. The molecule has 0 unspecified atom stereocenters. The van der Waals surface area contributed by atoms with E-state index in [2.05, 4.69) is 10.2 Å². The van der Waals surface area contributed by atoms with Crippen LogP contribution in [0.5, 0.6) is 5.75 Å². The second-order valence-corrected chi connectivity index (χ2v) is 7.65. The zero-order valence-electron chi connectivity index (χ0n) is 17.0. The summed E-state index contributed by atoms with van der Waals surface area (Å²) in [5.41, 5.74) is 3.77. The first-order valence-electron chi connectivity index (χ1n) is 9.94. The molecule has 2 aromatic rings. The molecule has 1 fully saturated rings. The van der Waals surface area contributed by atoms with Crippen molar-refractivity contribution in [1.29, 1.82) is 0 Å². The summed E-state index contributed by atoms with van der Waals surface area (Å²) >= 11 is 0. The van der Waals surface area contributed by atoms with Crippen LogP contribution in [0.25, 0.3) is 0 Å².